The van der Waals surface area contributed by atoms with E-state index in [1.54, 1.807) is 18.2 Å². The summed E-state index contributed by atoms with van der Waals surface area (Å²) in [5, 5.41) is 2.71. The number of halogens is 3. The molecule has 0 radical (unpaired) electrons. The monoisotopic (exact) mass is 349 g/mol. The Morgan fingerprint density at radius 3 is 2.36 bits per heavy atom. The summed E-state index contributed by atoms with van der Waals surface area (Å²) in [4.78, 5) is 12.2. The van der Waals surface area contributed by atoms with Gasteiger partial charge in [-0.05, 0) is 29.8 Å². The standard InChI is InChI=1S/C18H14F3NO3/c19-18(20,21)8-7-12-1-3-13(4-2-12)17(23)22-14-5-6-15-16(11-14)25-10-9-24-15/h1-8,11H,9-10H2,(H,22,23). The molecule has 1 aliphatic rings. The van der Waals surface area contributed by atoms with Crippen LogP contribution in [0.4, 0.5) is 18.9 Å². The van der Waals surface area contributed by atoms with Gasteiger partial charge in [-0.3, -0.25) is 4.79 Å². The number of nitrogens with one attached hydrogen (secondary N) is 1. The first-order chi connectivity index (χ1) is 11.9. The number of allylic oxidation sites excluding steroid dienone is 1. The molecule has 3 rings (SSSR count). The van der Waals surface area contributed by atoms with Crippen molar-refractivity contribution >= 4 is 17.7 Å². The summed E-state index contributed by atoms with van der Waals surface area (Å²) in [7, 11) is 0. The molecular formula is C18H14F3NO3. The molecule has 1 amide bonds. The lowest BCUT2D eigenvalue weighted by molar-refractivity contribution is -0.0790. The Labute approximate surface area is 141 Å². The zero-order valence-electron chi connectivity index (χ0n) is 13.0. The van der Waals surface area contributed by atoms with E-state index < -0.39 is 6.18 Å². The smallest absolute Gasteiger partial charge is 0.409 e. The summed E-state index contributed by atoms with van der Waals surface area (Å²) >= 11 is 0. The molecular weight excluding hydrogens is 335 g/mol. The van der Waals surface area contributed by atoms with Crippen molar-refractivity contribution in [3.63, 3.8) is 0 Å². The molecule has 0 unspecified atom stereocenters. The first-order valence-electron chi connectivity index (χ1n) is 7.48. The number of rotatable bonds is 3. The highest BCUT2D eigenvalue weighted by Gasteiger charge is 2.21. The Morgan fingerprint density at radius 2 is 1.68 bits per heavy atom. The zero-order valence-corrected chi connectivity index (χ0v) is 13.0. The highest BCUT2D eigenvalue weighted by atomic mass is 19.4. The molecule has 0 aliphatic carbocycles. The Morgan fingerprint density at radius 1 is 1.00 bits per heavy atom. The first kappa shape index (κ1) is 16.9. The molecule has 0 aromatic heterocycles. The van der Waals surface area contributed by atoms with E-state index in [0.717, 1.165) is 6.08 Å². The van der Waals surface area contributed by atoms with Gasteiger partial charge >= 0.3 is 6.18 Å². The Kier molecular flexibility index (Phi) is 4.65. The van der Waals surface area contributed by atoms with E-state index in [0.29, 0.717) is 41.5 Å². The molecule has 0 atom stereocenters. The van der Waals surface area contributed by atoms with Crippen molar-refractivity contribution in [2.24, 2.45) is 0 Å². The molecule has 0 fully saturated rings. The largest absolute Gasteiger partial charge is 0.486 e. The van der Waals surface area contributed by atoms with Gasteiger partial charge in [-0.25, -0.2) is 0 Å². The molecule has 130 valence electrons. The summed E-state index contributed by atoms with van der Waals surface area (Å²) in [6, 6.07) is 10.9. The summed E-state index contributed by atoms with van der Waals surface area (Å²) < 4.78 is 47.3. The summed E-state index contributed by atoms with van der Waals surface area (Å²) in [6.45, 7) is 0.922. The second-order valence-corrected chi connectivity index (χ2v) is 5.31. The lowest BCUT2D eigenvalue weighted by atomic mass is 10.1. The van der Waals surface area contributed by atoms with E-state index in [1.165, 1.54) is 24.3 Å². The van der Waals surface area contributed by atoms with Crippen LogP contribution in [0.3, 0.4) is 0 Å². The lowest BCUT2D eigenvalue weighted by Gasteiger charge is -2.19. The molecule has 0 saturated heterocycles. The van der Waals surface area contributed by atoms with Crippen LogP contribution in [-0.4, -0.2) is 25.3 Å². The number of carbonyl (C=O) groups excluding carboxylic acids is 1. The van der Waals surface area contributed by atoms with E-state index in [1.807, 2.05) is 0 Å². The number of fused-ring (bicyclic) bond motifs is 1. The van der Waals surface area contributed by atoms with Gasteiger partial charge < -0.3 is 14.8 Å². The van der Waals surface area contributed by atoms with Crippen molar-refractivity contribution in [3.8, 4) is 11.5 Å². The lowest BCUT2D eigenvalue weighted by Crippen LogP contribution is -2.16. The summed E-state index contributed by atoms with van der Waals surface area (Å²) in [5.74, 6) is 0.796. The fraction of sp³-hybridized carbons (Fsp3) is 0.167. The third-order valence-electron chi connectivity index (χ3n) is 3.44. The zero-order chi connectivity index (χ0) is 17.9. The molecule has 0 saturated carbocycles. The van der Waals surface area contributed by atoms with E-state index in [4.69, 9.17) is 9.47 Å². The Hall–Kier alpha value is -2.96. The van der Waals surface area contributed by atoms with Crippen LogP contribution in [0, 0.1) is 0 Å². The van der Waals surface area contributed by atoms with E-state index >= 15 is 0 Å². The Bertz CT molecular complexity index is 798. The summed E-state index contributed by atoms with van der Waals surface area (Å²) in [5.41, 5.74) is 1.22. The quantitative estimate of drug-likeness (QED) is 0.899. The molecule has 7 heteroatoms. The van der Waals surface area contributed by atoms with Crippen molar-refractivity contribution < 1.29 is 27.4 Å². The van der Waals surface area contributed by atoms with Crippen LogP contribution >= 0.6 is 0 Å². The number of hydrogen-bond acceptors (Lipinski definition) is 3. The number of ether oxygens (including phenoxy) is 2. The molecule has 4 nitrogen and oxygen atoms in total. The van der Waals surface area contributed by atoms with Gasteiger partial charge in [0.25, 0.3) is 5.91 Å². The van der Waals surface area contributed by atoms with Crippen LogP contribution in [0.15, 0.2) is 48.5 Å². The van der Waals surface area contributed by atoms with Crippen molar-refractivity contribution in [1.82, 2.24) is 0 Å². The molecule has 0 bridgehead atoms. The van der Waals surface area contributed by atoms with Gasteiger partial charge in [0, 0.05) is 23.4 Å². The minimum absolute atomic E-state index is 0.150. The van der Waals surface area contributed by atoms with Crippen LogP contribution in [0.1, 0.15) is 15.9 Å². The van der Waals surface area contributed by atoms with Gasteiger partial charge in [-0.1, -0.05) is 18.2 Å². The average Bonchev–Trinajstić information content (AvgIpc) is 2.59. The van der Waals surface area contributed by atoms with E-state index in [9.17, 15) is 18.0 Å². The highest BCUT2D eigenvalue weighted by Crippen LogP contribution is 2.32. The molecule has 2 aromatic carbocycles. The topological polar surface area (TPSA) is 47.6 Å². The molecule has 1 heterocycles. The first-order valence-corrected chi connectivity index (χ1v) is 7.48. The number of benzene rings is 2. The second-order valence-electron chi connectivity index (χ2n) is 5.31. The van der Waals surface area contributed by atoms with Crippen LogP contribution in [0.25, 0.3) is 6.08 Å². The van der Waals surface area contributed by atoms with E-state index in [2.05, 4.69) is 5.32 Å². The number of alkyl halides is 3. The van der Waals surface area contributed by atoms with Gasteiger partial charge in [0.1, 0.15) is 13.2 Å². The number of carbonyl (C=O) groups is 1. The molecule has 1 aliphatic heterocycles. The molecule has 2 aromatic rings. The normalized spacial score (nSPS) is 13.7. The van der Waals surface area contributed by atoms with Gasteiger partial charge in [-0.2, -0.15) is 13.2 Å². The number of hydrogen-bond donors (Lipinski definition) is 1. The van der Waals surface area contributed by atoms with Crippen LogP contribution < -0.4 is 14.8 Å². The van der Waals surface area contributed by atoms with Crippen LogP contribution in [0.5, 0.6) is 11.5 Å². The molecule has 25 heavy (non-hydrogen) atoms. The fourth-order valence-electron chi connectivity index (χ4n) is 2.26. The number of amides is 1. The SMILES string of the molecule is O=C(Nc1ccc2c(c1)OCCO2)c1ccc(C=CC(F)(F)F)cc1. The number of anilines is 1. The second kappa shape index (κ2) is 6.88. The highest BCUT2D eigenvalue weighted by molar-refractivity contribution is 6.04. The van der Waals surface area contributed by atoms with Crippen LogP contribution in [0.2, 0.25) is 0 Å². The van der Waals surface area contributed by atoms with Gasteiger partial charge in [-0.15, -0.1) is 0 Å². The van der Waals surface area contributed by atoms with Crippen molar-refractivity contribution in [2.45, 2.75) is 6.18 Å². The molecule has 1 N–H and O–H groups in total. The third-order valence-corrected chi connectivity index (χ3v) is 3.44. The van der Waals surface area contributed by atoms with Crippen molar-refractivity contribution in [3.05, 3.63) is 59.7 Å². The maximum absolute atomic E-state index is 12.2. The van der Waals surface area contributed by atoms with Crippen molar-refractivity contribution in [1.29, 1.82) is 0 Å². The minimum Gasteiger partial charge on any atom is -0.486 e. The predicted octanol–water partition coefficient (Wildman–Crippen LogP) is 4.29. The molecule has 0 spiro atoms. The predicted molar refractivity (Wildman–Crippen MR) is 86.9 cm³/mol. The maximum Gasteiger partial charge on any atom is 0.409 e. The van der Waals surface area contributed by atoms with Gasteiger partial charge in [0.05, 0.1) is 0 Å². The Balaban J connectivity index is 1.68. The van der Waals surface area contributed by atoms with Gasteiger partial charge in [0.15, 0.2) is 11.5 Å². The minimum atomic E-state index is -4.37. The van der Waals surface area contributed by atoms with E-state index in [-0.39, 0.29) is 12.0 Å². The fourth-order valence-corrected chi connectivity index (χ4v) is 2.26. The maximum atomic E-state index is 12.2. The van der Waals surface area contributed by atoms with Crippen LogP contribution in [-0.2, 0) is 0 Å². The summed E-state index contributed by atoms with van der Waals surface area (Å²) in [6.07, 6.45) is -3.27. The van der Waals surface area contributed by atoms with Gasteiger partial charge in [0.2, 0.25) is 0 Å². The third kappa shape index (κ3) is 4.53. The average molecular weight is 349 g/mol. The van der Waals surface area contributed by atoms with Crippen molar-refractivity contribution in [2.75, 3.05) is 18.5 Å².